The molecule has 1 aromatic heterocycles. The molecule has 3 rings (SSSR count). The van der Waals surface area contributed by atoms with E-state index in [2.05, 4.69) is 10.3 Å². The standard InChI is InChI=1S/C18H19FN2O4/c19-11-4-5-12-13(9-15(22)21-14(12)8-11)16(23)20-10-18(17(24)25)6-2-1-3-7-18/h4-5,8-9H,1-3,6-7,10H2,(H,20,23)(H,21,22)(H,24,25). The van der Waals surface area contributed by atoms with Crippen molar-refractivity contribution in [3.05, 3.63) is 46.0 Å². The number of rotatable bonds is 4. The van der Waals surface area contributed by atoms with Crippen molar-refractivity contribution in [1.82, 2.24) is 10.3 Å². The van der Waals surface area contributed by atoms with Crippen LogP contribution in [0.25, 0.3) is 10.9 Å². The van der Waals surface area contributed by atoms with Gasteiger partial charge in [-0.15, -0.1) is 0 Å². The number of aromatic amines is 1. The first-order chi connectivity index (χ1) is 11.9. The van der Waals surface area contributed by atoms with Crippen molar-refractivity contribution in [3.8, 4) is 0 Å². The lowest BCUT2D eigenvalue weighted by Crippen LogP contribution is -2.44. The van der Waals surface area contributed by atoms with Crippen LogP contribution in [0.5, 0.6) is 0 Å². The van der Waals surface area contributed by atoms with Crippen molar-refractivity contribution in [3.63, 3.8) is 0 Å². The van der Waals surface area contributed by atoms with Gasteiger partial charge < -0.3 is 15.4 Å². The number of carboxylic acid groups (broad SMARTS) is 1. The van der Waals surface area contributed by atoms with Crippen LogP contribution in [-0.4, -0.2) is 28.5 Å². The molecule has 0 atom stereocenters. The molecular formula is C18H19FN2O4. The maximum Gasteiger partial charge on any atom is 0.311 e. The van der Waals surface area contributed by atoms with Gasteiger partial charge >= 0.3 is 5.97 Å². The maximum atomic E-state index is 13.3. The van der Waals surface area contributed by atoms with Gasteiger partial charge in [-0.1, -0.05) is 19.3 Å². The molecule has 1 aliphatic carbocycles. The number of carbonyl (C=O) groups is 2. The summed E-state index contributed by atoms with van der Waals surface area (Å²) in [4.78, 5) is 38.5. The molecule has 0 saturated heterocycles. The number of H-pyrrole nitrogens is 1. The second-order valence-corrected chi connectivity index (χ2v) is 6.57. The number of hydrogen-bond acceptors (Lipinski definition) is 3. The average Bonchev–Trinajstić information content (AvgIpc) is 2.59. The second kappa shape index (κ2) is 6.66. The second-order valence-electron chi connectivity index (χ2n) is 6.57. The number of fused-ring (bicyclic) bond motifs is 1. The Balaban J connectivity index is 1.87. The summed E-state index contributed by atoms with van der Waals surface area (Å²) in [5.74, 6) is -1.97. The Kier molecular flexibility index (Phi) is 4.57. The normalized spacial score (nSPS) is 16.5. The molecule has 6 nitrogen and oxygen atoms in total. The quantitative estimate of drug-likeness (QED) is 0.792. The summed E-state index contributed by atoms with van der Waals surface area (Å²) in [7, 11) is 0. The van der Waals surface area contributed by atoms with E-state index < -0.39 is 28.7 Å². The van der Waals surface area contributed by atoms with Crippen molar-refractivity contribution < 1.29 is 19.1 Å². The largest absolute Gasteiger partial charge is 0.481 e. The summed E-state index contributed by atoms with van der Waals surface area (Å²) in [5.41, 5.74) is -1.15. The lowest BCUT2D eigenvalue weighted by Gasteiger charge is -2.33. The highest BCUT2D eigenvalue weighted by molar-refractivity contribution is 6.06. The van der Waals surface area contributed by atoms with Crippen LogP contribution in [0.4, 0.5) is 4.39 Å². The lowest BCUT2D eigenvalue weighted by atomic mass is 9.74. The van der Waals surface area contributed by atoms with Crippen molar-refractivity contribution in [1.29, 1.82) is 0 Å². The predicted octanol–water partition coefficient (Wildman–Crippen LogP) is 2.43. The van der Waals surface area contributed by atoms with E-state index in [1.807, 2.05) is 0 Å². The summed E-state index contributed by atoms with van der Waals surface area (Å²) in [6.45, 7) is 0.0106. The van der Waals surface area contributed by atoms with Crippen LogP contribution in [0.15, 0.2) is 29.1 Å². The molecule has 1 fully saturated rings. The molecule has 0 bridgehead atoms. The molecule has 1 amide bonds. The minimum atomic E-state index is -0.961. The molecule has 1 saturated carbocycles. The Labute approximate surface area is 143 Å². The number of aromatic nitrogens is 1. The zero-order valence-electron chi connectivity index (χ0n) is 13.6. The van der Waals surface area contributed by atoms with Crippen LogP contribution in [-0.2, 0) is 4.79 Å². The Bertz CT molecular complexity index is 884. The summed E-state index contributed by atoms with van der Waals surface area (Å²) in [5, 5.41) is 12.6. The summed E-state index contributed by atoms with van der Waals surface area (Å²) >= 11 is 0. The van der Waals surface area contributed by atoms with Gasteiger partial charge in [0.25, 0.3) is 5.91 Å². The number of nitrogens with one attached hydrogen (secondary N) is 2. The Morgan fingerprint density at radius 1 is 1.20 bits per heavy atom. The molecule has 1 aliphatic rings. The molecule has 132 valence electrons. The lowest BCUT2D eigenvalue weighted by molar-refractivity contribution is -0.150. The van der Waals surface area contributed by atoms with Gasteiger partial charge in [0, 0.05) is 18.0 Å². The van der Waals surface area contributed by atoms with E-state index >= 15 is 0 Å². The van der Waals surface area contributed by atoms with Crippen LogP contribution < -0.4 is 10.9 Å². The van der Waals surface area contributed by atoms with Gasteiger partial charge in [0.2, 0.25) is 5.56 Å². The fraction of sp³-hybridized carbons (Fsp3) is 0.389. The highest BCUT2D eigenvalue weighted by Crippen LogP contribution is 2.36. The van der Waals surface area contributed by atoms with Gasteiger partial charge in [0.05, 0.1) is 16.5 Å². The number of carboxylic acids is 1. The molecular weight excluding hydrogens is 327 g/mol. The SMILES string of the molecule is O=C(NCC1(C(=O)O)CCCCC1)c1cc(=O)[nH]c2cc(F)ccc12. The summed E-state index contributed by atoms with van der Waals surface area (Å²) in [6.07, 6.45) is 3.66. The Morgan fingerprint density at radius 3 is 2.60 bits per heavy atom. The third-order valence-corrected chi connectivity index (χ3v) is 4.90. The van der Waals surface area contributed by atoms with E-state index in [0.29, 0.717) is 18.2 Å². The number of pyridine rings is 1. The average molecular weight is 346 g/mol. The summed E-state index contributed by atoms with van der Waals surface area (Å²) < 4.78 is 13.3. The molecule has 0 spiro atoms. The number of amides is 1. The topological polar surface area (TPSA) is 99.3 Å². The fourth-order valence-electron chi connectivity index (χ4n) is 3.46. The minimum Gasteiger partial charge on any atom is -0.481 e. The van der Waals surface area contributed by atoms with E-state index in [1.54, 1.807) is 0 Å². The molecule has 0 radical (unpaired) electrons. The maximum absolute atomic E-state index is 13.3. The zero-order chi connectivity index (χ0) is 18.0. The van der Waals surface area contributed by atoms with Gasteiger partial charge in [-0.05, 0) is 31.0 Å². The molecule has 1 heterocycles. The van der Waals surface area contributed by atoms with Crippen molar-refractivity contribution >= 4 is 22.8 Å². The van der Waals surface area contributed by atoms with E-state index in [-0.39, 0.29) is 17.6 Å². The van der Waals surface area contributed by atoms with Crippen molar-refractivity contribution in [2.45, 2.75) is 32.1 Å². The van der Waals surface area contributed by atoms with E-state index in [0.717, 1.165) is 31.4 Å². The van der Waals surface area contributed by atoms with Crippen LogP contribution >= 0.6 is 0 Å². The van der Waals surface area contributed by atoms with E-state index in [4.69, 9.17) is 0 Å². The first kappa shape index (κ1) is 17.1. The molecule has 1 aromatic carbocycles. The Morgan fingerprint density at radius 2 is 1.92 bits per heavy atom. The number of aliphatic carboxylic acids is 1. The third-order valence-electron chi connectivity index (χ3n) is 4.90. The van der Waals surface area contributed by atoms with Gasteiger partial charge in [-0.25, -0.2) is 4.39 Å². The first-order valence-electron chi connectivity index (χ1n) is 8.25. The van der Waals surface area contributed by atoms with Crippen LogP contribution in [0.3, 0.4) is 0 Å². The smallest absolute Gasteiger partial charge is 0.311 e. The number of carbonyl (C=O) groups excluding carboxylic acids is 1. The van der Waals surface area contributed by atoms with Crippen LogP contribution in [0.2, 0.25) is 0 Å². The number of benzene rings is 1. The highest BCUT2D eigenvalue weighted by Gasteiger charge is 2.39. The van der Waals surface area contributed by atoms with E-state index in [1.165, 1.54) is 12.1 Å². The van der Waals surface area contributed by atoms with Gasteiger partial charge in [0.1, 0.15) is 5.82 Å². The van der Waals surface area contributed by atoms with Crippen LogP contribution in [0, 0.1) is 11.2 Å². The van der Waals surface area contributed by atoms with E-state index in [9.17, 15) is 23.9 Å². The fourth-order valence-corrected chi connectivity index (χ4v) is 3.46. The number of halogens is 1. The van der Waals surface area contributed by atoms with Crippen molar-refractivity contribution in [2.75, 3.05) is 6.54 Å². The molecule has 3 N–H and O–H groups in total. The predicted molar refractivity (Wildman–Crippen MR) is 90.0 cm³/mol. The third kappa shape index (κ3) is 3.40. The van der Waals surface area contributed by atoms with Gasteiger partial charge in [-0.2, -0.15) is 0 Å². The summed E-state index contributed by atoms with van der Waals surface area (Å²) in [6, 6.07) is 4.91. The van der Waals surface area contributed by atoms with Crippen LogP contribution in [0.1, 0.15) is 42.5 Å². The molecule has 2 aromatic rings. The number of hydrogen-bond donors (Lipinski definition) is 3. The monoisotopic (exact) mass is 346 g/mol. The zero-order valence-corrected chi connectivity index (χ0v) is 13.6. The highest BCUT2D eigenvalue weighted by atomic mass is 19.1. The van der Waals surface area contributed by atoms with Gasteiger partial charge in [0.15, 0.2) is 0 Å². The first-order valence-corrected chi connectivity index (χ1v) is 8.25. The van der Waals surface area contributed by atoms with Crippen molar-refractivity contribution in [2.24, 2.45) is 5.41 Å². The molecule has 0 aliphatic heterocycles. The molecule has 0 unspecified atom stereocenters. The Hall–Kier alpha value is -2.70. The molecule has 25 heavy (non-hydrogen) atoms. The van der Waals surface area contributed by atoms with Gasteiger partial charge in [-0.3, -0.25) is 14.4 Å². The minimum absolute atomic E-state index is 0.0106. The molecule has 7 heteroatoms.